The second-order valence-corrected chi connectivity index (χ2v) is 4.25. The molecule has 0 bridgehead atoms. The summed E-state index contributed by atoms with van der Waals surface area (Å²) in [6.45, 7) is 8.84. The average Bonchev–Trinajstić information content (AvgIpc) is 2.00. The van der Waals surface area contributed by atoms with Gasteiger partial charge in [-0.15, -0.1) is 0 Å². The van der Waals surface area contributed by atoms with E-state index in [1.165, 1.54) is 0 Å². The van der Waals surface area contributed by atoms with E-state index in [1.807, 2.05) is 13.8 Å². The smallest absolute Gasteiger partial charge is 0.311 e. The van der Waals surface area contributed by atoms with Crippen molar-refractivity contribution in [3.8, 4) is 0 Å². The quantitative estimate of drug-likeness (QED) is 0.521. The Morgan fingerprint density at radius 1 is 1.00 bits per heavy atom. The second-order valence-electron chi connectivity index (χ2n) is 4.25. The maximum absolute atomic E-state index is 11.2. The van der Waals surface area contributed by atoms with E-state index in [0.29, 0.717) is 6.42 Å². The van der Waals surface area contributed by atoms with Crippen LogP contribution in [0.15, 0.2) is 0 Å². The van der Waals surface area contributed by atoms with E-state index in [-0.39, 0.29) is 23.8 Å². The lowest BCUT2D eigenvalue weighted by molar-refractivity contribution is -0.187. The van der Waals surface area contributed by atoms with Gasteiger partial charge in [0.1, 0.15) is 0 Å². The minimum atomic E-state index is -0.800. The van der Waals surface area contributed by atoms with Gasteiger partial charge in [-0.1, -0.05) is 27.7 Å². The zero-order valence-corrected chi connectivity index (χ0v) is 10.1. The van der Waals surface area contributed by atoms with Crippen LogP contribution in [0.25, 0.3) is 0 Å². The molecule has 0 aromatic rings. The molecule has 88 valence electrons. The minimum Gasteiger partial charge on any atom is -0.425 e. The fourth-order valence-electron chi connectivity index (χ4n) is 0.890. The predicted molar refractivity (Wildman–Crippen MR) is 55.9 cm³/mol. The molecule has 1 atom stereocenters. The summed E-state index contributed by atoms with van der Waals surface area (Å²) in [6, 6.07) is 0. The van der Waals surface area contributed by atoms with E-state index in [1.54, 1.807) is 20.8 Å². The Hall–Kier alpha value is -1.06. The van der Waals surface area contributed by atoms with E-state index < -0.39 is 6.29 Å². The first-order valence-electron chi connectivity index (χ1n) is 5.23. The Balaban J connectivity index is 3.88. The third kappa shape index (κ3) is 6.94. The molecule has 0 spiro atoms. The monoisotopic (exact) mass is 216 g/mol. The summed E-state index contributed by atoms with van der Waals surface area (Å²) >= 11 is 0. The molecule has 0 aliphatic carbocycles. The van der Waals surface area contributed by atoms with Gasteiger partial charge in [0.25, 0.3) is 0 Å². The van der Waals surface area contributed by atoms with Crippen LogP contribution in [0.3, 0.4) is 0 Å². The van der Waals surface area contributed by atoms with Gasteiger partial charge in [0.15, 0.2) is 0 Å². The van der Waals surface area contributed by atoms with E-state index >= 15 is 0 Å². The molecule has 4 nitrogen and oxygen atoms in total. The summed E-state index contributed by atoms with van der Waals surface area (Å²) in [4.78, 5) is 22.3. The molecule has 0 amide bonds. The van der Waals surface area contributed by atoms with Crippen LogP contribution < -0.4 is 0 Å². The SMILES string of the molecule is CC(C)CC(=O)O[C@H](C)OC(=O)C(C)C. The largest absolute Gasteiger partial charge is 0.425 e. The van der Waals surface area contributed by atoms with Crippen LogP contribution in [-0.2, 0) is 19.1 Å². The number of hydrogen-bond donors (Lipinski definition) is 0. The maximum atomic E-state index is 11.2. The molecule has 0 N–H and O–H groups in total. The van der Waals surface area contributed by atoms with Crippen LogP contribution in [-0.4, -0.2) is 18.2 Å². The van der Waals surface area contributed by atoms with Crippen molar-refractivity contribution < 1.29 is 19.1 Å². The molecule has 0 saturated carbocycles. The van der Waals surface area contributed by atoms with Gasteiger partial charge in [0, 0.05) is 13.3 Å². The van der Waals surface area contributed by atoms with Crippen LogP contribution >= 0.6 is 0 Å². The highest BCUT2D eigenvalue weighted by Crippen LogP contribution is 2.06. The predicted octanol–water partition coefficient (Wildman–Crippen LogP) is 2.12. The Kier molecular flexibility index (Phi) is 5.97. The van der Waals surface area contributed by atoms with Crippen molar-refractivity contribution in [1.82, 2.24) is 0 Å². The van der Waals surface area contributed by atoms with Crippen molar-refractivity contribution in [2.24, 2.45) is 11.8 Å². The van der Waals surface area contributed by atoms with E-state index in [2.05, 4.69) is 0 Å². The van der Waals surface area contributed by atoms with Gasteiger partial charge < -0.3 is 9.47 Å². The molecule has 15 heavy (non-hydrogen) atoms. The number of hydrogen-bond acceptors (Lipinski definition) is 4. The van der Waals surface area contributed by atoms with Crippen molar-refractivity contribution in [2.75, 3.05) is 0 Å². The standard InChI is InChI=1S/C11H20O4/c1-7(2)6-10(12)14-9(5)15-11(13)8(3)4/h7-9H,6H2,1-5H3/t9-/m0/s1. The van der Waals surface area contributed by atoms with Crippen LogP contribution in [0.4, 0.5) is 0 Å². The third-order valence-corrected chi connectivity index (χ3v) is 1.63. The zero-order valence-electron chi connectivity index (χ0n) is 10.1. The van der Waals surface area contributed by atoms with Crippen LogP contribution in [0.5, 0.6) is 0 Å². The van der Waals surface area contributed by atoms with Crippen molar-refractivity contribution >= 4 is 11.9 Å². The van der Waals surface area contributed by atoms with Crippen molar-refractivity contribution in [3.63, 3.8) is 0 Å². The van der Waals surface area contributed by atoms with E-state index in [9.17, 15) is 9.59 Å². The minimum absolute atomic E-state index is 0.212. The molecule has 0 saturated heterocycles. The lowest BCUT2D eigenvalue weighted by Crippen LogP contribution is -2.24. The van der Waals surface area contributed by atoms with Crippen molar-refractivity contribution in [1.29, 1.82) is 0 Å². The summed E-state index contributed by atoms with van der Waals surface area (Å²) in [6.07, 6.45) is -0.463. The van der Waals surface area contributed by atoms with Gasteiger partial charge in [-0.05, 0) is 5.92 Å². The number of rotatable bonds is 5. The van der Waals surface area contributed by atoms with Gasteiger partial charge in [-0.3, -0.25) is 9.59 Å². The summed E-state index contributed by atoms with van der Waals surface area (Å²) in [5.74, 6) is -0.671. The number of carbonyl (C=O) groups excluding carboxylic acids is 2. The second kappa shape index (κ2) is 6.43. The molecule has 0 fully saturated rings. The molecule has 0 aromatic heterocycles. The summed E-state index contributed by atoms with van der Waals surface area (Å²) in [5, 5.41) is 0. The summed E-state index contributed by atoms with van der Waals surface area (Å²) < 4.78 is 9.78. The fraction of sp³-hybridized carbons (Fsp3) is 0.818. The summed E-state index contributed by atoms with van der Waals surface area (Å²) in [7, 11) is 0. The molecule has 0 heterocycles. The molecule has 4 heteroatoms. The maximum Gasteiger partial charge on any atom is 0.311 e. The van der Waals surface area contributed by atoms with Crippen LogP contribution in [0.1, 0.15) is 41.0 Å². The normalized spacial score (nSPS) is 12.7. The molecular weight excluding hydrogens is 196 g/mol. The Morgan fingerprint density at radius 2 is 1.53 bits per heavy atom. The molecule has 0 aliphatic heterocycles. The Labute approximate surface area is 90.9 Å². The highest BCUT2D eigenvalue weighted by Gasteiger charge is 2.16. The van der Waals surface area contributed by atoms with Crippen LogP contribution in [0.2, 0.25) is 0 Å². The molecular formula is C11H20O4. The highest BCUT2D eigenvalue weighted by atomic mass is 16.7. The molecule has 0 unspecified atom stereocenters. The number of carbonyl (C=O) groups is 2. The lowest BCUT2D eigenvalue weighted by atomic mass is 10.1. The average molecular weight is 216 g/mol. The topological polar surface area (TPSA) is 52.6 Å². The zero-order chi connectivity index (χ0) is 12.0. The molecule has 0 rings (SSSR count). The summed E-state index contributed by atoms with van der Waals surface area (Å²) in [5.41, 5.74) is 0. The molecule has 0 aromatic carbocycles. The van der Waals surface area contributed by atoms with Gasteiger partial charge in [-0.2, -0.15) is 0 Å². The van der Waals surface area contributed by atoms with Gasteiger partial charge >= 0.3 is 11.9 Å². The van der Waals surface area contributed by atoms with Gasteiger partial charge in [0.05, 0.1) is 5.92 Å². The van der Waals surface area contributed by atoms with E-state index in [4.69, 9.17) is 9.47 Å². The van der Waals surface area contributed by atoms with Crippen molar-refractivity contribution in [3.05, 3.63) is 0 Å². The molecule has 0 aliphatic rings. The molecule has 0 radical (unpaired) electrons. The highest BCUT2D eigenvalue weighted by molar-refractivity contribution is 5.72. The Morgan fingerprint density at radius 3 is 1.93 bits per heavy atom. The Bertz CT molecular complexity index is 221. The third-order valence-electron chi connectivity index (χ3n) is 1.63. The number of esters is 2. The first-order chi connectivity index (χ1) is 6.82. The first-order valence-corrected chi connectivity index (χ1v) is 5.23. The number of ether oxygens (including phenoxy) is 2. The fourth-order valence-corrected chi connectivity index (χ4v) is 0.890. The lowest BCUT2D eigenvalue weighted by Gasteiger charge is -2.15. The first kappa shape index (κ1) is 13.9. The van der Waals surface area contributed by atoms with Crippen molar-refractivity contribution in [2.45, 2.75) is 47.3 Å². The van der Waals surface area contributed by atoms with E-state index in [0.717, 1.165) is 0 Å². The van der Waals surface area contributed by atoms with Gasteiger partial charge in [0.2, 0.25) is 6.29 Å². The van der Waals surface area contributed by atoms with Gasteiger partial charge in [-0.25, -0.2) is 0 Å². The van der Waals surface area contributed by atoms with Crippen LogP contribution in [0, 0.1) is 11.8 Å².